The minimum atomic E-state index is 0.285. The molecule has 2 atom stereocenters. The van der Waals surface area contributed by atoms with Gasteiger partial charge in [0.05, 0.1) is 12.0 Å². The fraction of sp³-hybridized carbons (Fsp3) is 0.667. The van der Waals surface area contributed by atoms with E-state index >= 15 is 0 Å². The highest BCUT2D eigenvalue weighted by molar-refractivity contribution is 5.21. The van der Waals surface area contributed by atoms with E-state index in [0.717, 1.165) is 12.3 Å². The molecular weight excluding hydrogens is 122 g/mol. The summed E-state index contributed by atoms with van der Waals surface area (Å²) < 4.78 is 0. The molecule has 0 amide bonds. The molecule has 3 rings (SSSR count). The van der Waals surface area contributed by atoms with Gasteiger partial charge in [0.1, 0.15) is 0 Å². The van der Waals surface area contributed by atoms with Crippen molar-refractivity contribution in [3.8, 4) is 6.07 Å². The molecule has 2 unspecified atom stereocenters. The molecule has 52 valence electrons. The van der Waals surface area contributed by atoms with E-state index in [1.807, 2.05) is 0 Å². The standard InChI is InChI=1S/C9H11N/c10-6-9-5-7-1-3-8(9)4-2-7/h3,7,9H,1-2,4-5H2. The van der Waals surface area contributed by atoms with Gasteiger partial charge in [0, 0.05) is 0 Å². The third-order valence-electron chi connectivity index (χ3n) is 2.73. The molecule has 0 aromatic heterocycles. The number of allylic oxidation sites excluding steroid dienone is 2. The van der Waals surface area contributed by atoms with Gasteiger partial charge in [0.25, 0.3) is 0 Å². The quantitative estimate of drug-likeness (QED) is 0.465. The van der Waals surface area contributed by atoms with Gasteiger partial charge in [-0.15, -0.1) is 0 Å². The highest BCUT2D eigenvalue weighted by Gasteiger charge is 2.28. The van der Waals surface area contributed by atoms with Crippen molar-refractivity contribution in [1.29, 1.82) is 5.26 Å². The van der Waals surface area contributed by atoms with Crippen molar-refractivity contribution in [1.82, 2.24) is 0 Å². The number of fused-ring (bicyclic) bond motifs is 3. The van der Waals surface area contributed by atoms with Gasteiger partial charge in [0.2, 0.25) is 0 Å². The fourth-order valence-electron chi connectivity index (χ4n) is 2.06. The molecule has 0 aliphatic heterocycles. The molecular formula is C9H11N. The molecule has 1 nitrogen and oxygen atoms in total. The Hall–Kier alpha value is -0.770. The molecule has 2 bridgehead atoms. The summed E-state index contributed by atoms with van der Waals surface area (Å²) >= 11 is 0. The van der Waals surface area contributed by atoms with Crippen LogP contribution in [0.4, 0.5) is 0 Å². The number of nitriles is 1. The molecule has 0 aromatic carbocycles. The molecule has 3 aliphatic rings. The summed E-state index contributed by atoms with van der Waals surface area (Å²) in [6, 6.07) is 2.37. The van der Waals surface area contributed by atoms with Crippen molar-refractivity contribution in [2.24, 2.45) is 11.8 Å². The van der Waals surface area contributed by atoms with Crippen molar-refractivity contribution >= 4 is 0 Å². The molecule has 0 heterocycles. The molecule has 0 aromatic rings. The largest absolute Gasteiger partial charge is 0.198 e. The van der Waals surface area contributed by atoms with Crippen LogP contribution in [0.1, 0.15) is 25.7 Å². The van der Waals surface area contributed by atoms with Crippen LogP contribution in [0.2, 0.25) is 0 Å². The van der Waals surface area contributed by atoms with Crippen LogP contribution in [0.25, 0.3) is 0 Å². The first kappa shape index (κ1) is 5.97. The lowest BCUT2D eigenvalue weighted by Gasteiger charge is -2.32. The average molecular weight is 133 g/mol. The van der Waals surface area contributed by atoms with Crippen LogP contribution in [-0.2, 0) is 0 Å². The molecule has 0 saturated heterocycles. The molecule has 0 radical (unpaired) electrons. The van der Waals surface area contributed by atoms with Gasteiger partial charge in [-0.2, -0.15) is 5.26 Å². The molecule has 3 aliphatic carbocycles. The molecule has 1 saturated carbocycles. The van der Waals surface area contributed by atoms with E-state index in [2.05, 4.69) is 12.1 Å². The van der Waals surface area contributed by atoms with E-state index in [9.17, 15) is 0 Å². The van der Waals surface area contributed by atoms with E-state index < -0.39 is 0 Å². The molecule has 10 heavy (non-hydrogen) atoms. The van der Waals surface area contributed by atoms with Crippen LogP contribution in [-0.4, -0.2) is 0 Å². The summed E-state index contributed by atoms with van der Waals surface area (Å²) in [5.41, 5.74) is 1.42. The lowest BCUT2D eigenvalue weighted by molar-refractivity contribution is 0.343. The van der Waals surface area contributed by atoms with Crippen LogP contribution in [0.5, 0.6) is 0 Å². The van der Waals surface area contributed by atoms with Crippen molar-refractivity contribution < 1.29 is 0 Å². The second kappa shape index (κ2) is 2.12. The van der Waals surface area contributed by atoms with Crippen molar-refractivity contribution in [2.75, 3.05) is 0 Å². The highest BCUT2D eigenvalue weighted by atomic mass is 14.4. The maximum Gasteiger partial charge on any atom is 0.0700 e. The van der Waals surface area contributed by atoms with Gasteiger partial charge in [-0.25, -0.2) is 0 Å². The maximum atomic E-state index is 8.72. The minimum absolute atomic E-state index is 0.285. The normalized spacial score (nSPS) is 36.9. The van der Waals surface area contributed by atoms with E-state index in [-0.39, 0.29) is 5.92 Å². The predicted molar refractivity (Wildman–Crippen MR) is 39.1 cm³/mol. The monoisotopic (exact) mass is 133 g/mol. The number of rotatable bonds is 0. The van der Waals surface area contributed by atoms with Crippen molar-refractivity contribution in [2.45, 2.75) is 25.7 Å². The Balaban J connectivity index is 2.24. The highest BCUT2D eigenvalue weighted by Crippen LogP contribution is 2.40. The first-order valence-electron chi connectivity index (χ1n) is 3.98. The third-order valence-corrected chi connectivity index (χ3v) is 2.73. The van der Waals surface area contributed by atoms with Crippen LogP contribution in [0.15, 0.2) is 11.6 Å². The number of hydrogen-bond acceptors (Lipinski definition) is 1. The third kappa shape index (κ3) is 0.759. The number of hydrogen-bond donors (Lipinski definition) is 0. The van der Waals surface area contributed by atoms with Crippen LogP contribution in [0, 0.1) is 23.2 Å². The zero-order valence-electron chi connectivity index (χ0n) is 6.01. The van der Waals surface area contributed by atoms with Crippen LogP contribution < -0.4 is 0 Å². The maximum absolute atomic E-state index is 8.72. The van der Waals surface area contributed by atoms with Crippen molar-refractivity contribution in [3.63, 3.8) is 0 Å². The zero-order valence-corrected chi connectivity index (χ0v) is 6.01. The van der Waals surface area contributed by atoms with Gasteiger partial charge in [-0.1, -0.05) is 11.6 Å². The SMILES string of the molecule is N#CC1CC2CC=C1CC2. The van der Waals surface area contributed by atoms with Gasteiger partial charge in [-0.05, 0) is 31.6 Å². The summed E-state index contributed by atoms with van der Waals surface area (Å²) in [4.78, 5) is 0. The van der Waals surface area contributed by atoms with Gasteiger partial charge >= 0.3 is 0 Å². The van der Waals surface area contributed by atoms with E-state index in [4.69, 9.17) is 5.26 Å². The Kier molecular flexibility index (Phi) is 1.27. The molecule has 1 heteroatoms. The van der Waals surface area contributed by atoms with Crippen LogP contribution >= 0.6 is 0 Å². The molecule has 0 N–H and O–H groups in total. The summed E-state index contributed by atoms with van der Waals surface area (Å²) in [6.45, 7) is 0. The Bertz CT molecular complexity index is 209. The molecule has 1 fully saturated rings. The number of nitrogens with zero attached hydrogens (tertiary/aromatic N) is 1. The second-order valence-electron chi connectivity index (χ2n) is 3.34. The minimum Gasteiger partial charge on any atom is -0.198 e. The van der Waals surface area contributed by atoms with E-state index in [0.29, 0.717) is 0 Å². The smallest absolute Gasteiger partial charge is 0.0700 e. The summed E-state index contributed by atoms with van der Waals surface area (Å²) in [7, 11) is 0. The Morgan fingerprint density at radius 1 is 1.60 bits per heavy atom. The fourth-order valence-corrected chi connectivity index (χ4v) is 2.06. The summed E-state index contributed by atoms with van der Waals surface area (Å²) in [5.74, 6) is 1.12. The Morgan fingerprint density at radius 3 is 2.80 bits per heavy atom. The van der Waals surface area contributed by atoms with Crippen LogP contribution in [0.3, 0.4) is 0 Å². The summed E-state index contributed by atoms with van der Waals surface area (Å²) in [6.07, 6.45) is 7.20. The summed E-state index contributed by atoms with van der Waals surface area (Å²) in [5, 5.41) is 8.72. The first-order valence-corrected chi connectivity index (χ1v) is 3.98. The van der Waals surface area contributed by atoms with Gasteiger partial charge in [0.15, 0.2) is 0 Å². The predicted octanol–water partition coefficient (Wildman–Crippen LogP) is 2.26. The second-order valence-corrected chi connectivity index (χ2v) is 3.34. The average Bonchev–Trinajstić information content (AvgIpc) is 2.06. The first-order chi connectivity index (χ1) is 4.90. The van der Waals surface area contributed by atoms with Gasteiger partial charge < -0.3 is 0 Å². The molecule has 0 spiro atoms. The van der Waals surface area contributed by atoms with Gasteiger partial charge in [-0.3, -0.25) is 0 Å². The lowest BCUT2D eigenvalue weighted by Crippen LogP contribution is -2.21. The lowest BCUT2D eigenvalue weighted by atomic mass is 9.72. The topological polar surface area (TPSA) is 23.8 Å². The van der Waals surface area contributed by atoms with E-state index in [1.165, 1.54) is 24.8 Å². The zero-order chi connectivity index (χ0) is 6.97. The van der Waals surface area contributed by atoms with E-state index in [1.54, 1.807) is 0 Å². The Morgan fingerprint density at radius 2 is 2.50 bits per heavy atom. The Labute approximate surface area is 61.4 Å². The van der Waals surface area contributed by atoms with Crippen molar-refractivity contribution in [3.05, 3.63) is 11.6 Å².